The molecule has 2 amide bonds. The summed E-state index contributed by atoms with van der Waals surface area (Å²) < 4.78 is 16.9. The van der Waals surface area contributed by atoms with Gasteiger partial charge < -0.3 is 18.9 Å². The number of hydrogen-bond acceptors (Lipinski definition) is 7. The average molecular weight is 563 g/mol. The molecule has 42 heavy (non-hydrogen) atoms. The zero-order valence-electron chi connectivity index (χ0n) is 22.5. The minimum atomic E-state index is -0.825. The van der Waals surface area contributed by atoms with Gasteiger partial charge >= 0.3 is 6.09 Å². The summed E-state index contributed by atoms with van der Waals surface area (Å²) in [6, 6.07) is 23.3. The molecule has 0 spiro atoms. The highest BCUT2D eigenvalue weighted by Crippen LogP contribution is 2.32. The molecule has 2 aliphatic rings. The van der Waals surface area contributed by atoms with Crippen molar-refractivity contribution in [2.45, 2.75) is 25.4 Å². The zero-order chi connectivity index (χ0) is 28.8. The fourth-order valence-electron chi connectivity index (χ4n) is 5.76. The second kappa shape index (κ2) is 10.3. The molecule has 3 heterocycles. The van der Waals surface area contributed by atoms with Gasteiger partial charge in [0.05, 0.1) is 19.0 Å². The molecule has 2 aromatic heterocycles. The number of benzene rings is 3. The standard InChI is InChI=1S/C33H26N2O7/c36-30-24-13-12-22(14-19(24)8-5-9-25(30)31(37)28-15-20-6-1-3-10-26(20)41-28)35-18-23(40-33(35)39)17-34-32(38)29-16-21-7-2-4-11-27(21)42-29/h1-4,6-7,10-16,23,25H,5,8-9,17-18H2,(H,34,38)/t23-,25+/m0/s1. The Morgan fingerprint density at radius 1 is 0.857 bits per heavy atom. The van der Waals surface area contributed by atoms with Crippen LogP contribution in [0.25, 0.3) is 21.9 Å². The Kier molecular flexibility index (Phi) is 6.34. The second-order valence-electron chi connectivity index (χ2n) is 10.6. The average Bonchev–Trinajstić information content (AvgIpc) is 3.71. The van der Waals surface area contributed by atoms with Crippen molar-refractivity contribution in [3.05, 3.63) is 102 Å². The van der Waals surface area contributed by atoms with Gasteiger partial charge in [0.2, 0.25) is 5.78 Å². The number of carbonyl (C=O) groups excluding carboxylic acids is 4. The number of furan rings is 2. The molecule has 0 unspecified atom stereocenters. The number of cyclic esters (lactones) is 1. The Morgan fingerprint density at radius 3 is 2.29 bits per heavy atom. The van der Waals surface area contributed by atoms with Gasteiger partial charge in [0.25, 0.3) is 5.91 Å². The van der Waals surface area contributed by atoms with Gasteiger partial charge in [-0.15, -0.1) is 0 Å². The van der Waals surface area contributed by atoms with E-state index in [1.807, 2.05) is 42.5 Å². The van der Waals surface area contributed by atoms with E-state index in [-0.39, 0.29) is 36.2 Å². The van der Waals surface area contributed by atoms with Crippen molar-refractivity contribution < 1.29 is 32.7 Å². The van der Waals surface area contributed by atoms with Crippen LogP contribution >= 0.6 is 0 Å². The molecule has 2 atom stereocenters. The van der Waals surface area contributed by atoms with E-state index in [2.05, 4.69) is 5.32 Å². The van der Waals surface area contributed by atoms with Crippen LogP contribution in [0.3, 0.4) is 0 Å². The lowest BCUT2D eigenvalue weighted by Gasteiger charge is -2.16. The molecule has 0 saturated carbocycles. The molecule has 9 nitrogen and oxygen atoms in total. The van der Waals surface area contributed by atoms with E-state index in [0.717, 1.165) is 16.3 Å². The zero-order valence-corrected chi connectivity index (χ0v) is 22.5. The number of ketones is 2. The van der Waals surface area contributed by atoms with Crippen molar-refractivity contribution in [2.75, 3.05) is 18.0 Å². The topological polar surface area (TPSA) is 119 Å². The maximum absolute atomic E-state index is 13.5. The third-order valence-electron chi connectivity index (χ3n) is 7.92. The summed E-state index contributed by atoms with van der Waals surface area (Å²) in [6.07, 6.45) is 0.559. The van der Waals surface area contributed by atoms with Crippen LogP contribution < -0.4 is 10.2 Å². The van der Waals surface area contributed by atoms with Crippen LogP contribution in [0.5, 0.6) is 0 Å². The molecule has 0 radical (unpaired) electrons. The van der Waals surface area contributed by atoms with Crippen molar-refractivity contribution >= 4 is 51.2 Å². The smallest absolute Gasteiger partial charge is 0.414 e. The van der Waals surface area contributed by atoms with Gasteiger partial charge in [-0.1, -0.05) is 36.4 Å². The van der Waals surface area contributed by atoms with Crippen LogP contribution in [0.15, 0.2) is 87.7 Å². The van der Waals surface area contributed by atoms with E-state index in [0.29, 0.717) is 41.7 Å². The predicted molar refractivity (Wildman–Crippen MR) is 154 cm³/mol. The number of carbonyl (C=O) groups is 4. The number of para-hydroxylation sites is 2. The highest BCUT2D eigenvalue weighted by molar-refractivity contribution is 6.16. The number of anilines is 1. The van der Waals surface area contributed by atoms with Gasteiger partial charge in [-0.25, -0.2) is 4.79 Å². The van der Waals surface area contributed by atoms with E-state index in [4.69, 9.17) is 13.6 Å². The Hall–Kier alpha value is -5.18. The molecular weight excluding hydrogens is 536 g/mol. The lowest BCUT2D eigenvalue weighted by atomic mass is 9.90. The molecule has 1 fully saturated rings. The maximum Gasteiger partial charge on any atom is 0.414 e. The van der Waals surface area contributed by atoms with Crippen LogP contribution in [0.2, 0.25) is 0 Å². The normalized spacial score (nSPS) is 18.6. The van der Waals surface area contributed by atoms with Crippen LogP contribution in [0.1, 0.15) is 49.9 Å². The first kappa shape index (κ1) is 25.8. The summed E-state index contributed by atoms with van der Waals surface area (Å²) in [5, 5.41) is 4.42. The SMILES string of the molecule is O=C(NC[C@H]1CN(c2ccc3c(c2)CCC[C@@H](C(=O)c2cc4ccccc4o2)C3=O)C(=O)O1)c1cc2ccccc2o1. The molecular formula is C33H26N2O7. The lowest BCUT2D eigenvalue weighted by Crippen LogP contribution is -2.34. The summed E-state index contributed by atoms with van der Waals surface area (Å²) in [6.45, 7) is 0.353. The molecule has 1 N–H and O–H groups in total. The summed E-state index contributed by atoms with van der Waals surface area (Å²) in [4.78, 5) is 53.7. The Labute approximate surface area is 240 Å². The van der Waals surface area contributed by atoms with Crippen LogP contribution in [0.4, 0.5) is 10.5 Å². The summed E-state index contributed by atoms with van der Waals surface area (Å²) in [7, 11) is 0. The fourth-order valence-corrected chi connectivity index (χ4v) is 5.76. The van der Waals surface area contributed by atoms with Crippen molar-refractivity contribution in [1.29, 1.82) is 0 Å². The molecule has 3 aromatic carbocycles. The maximum atomic E-state index is 13.5. The molecule has 7 rings (SSSR count). The first-order valence-corrected chi connectivity index (χ1v) is 13.9. The van der Waals surface area contributed by atoms with E-state index >= 15 is 0 Å². The summed E-state index contributed by atoms with van der Waals surface area (Å²) in [5.41, 5.74) is 3.09. The number of aryl methyl sites for hydroxylation is 1. The molecule has 5 aromatic rings. The minimum absolute atomic E-state index is 0.118. The van der Waals surface area contributed by atoms with Gasteiger partial charge in [0, 0.05) is 22.0 Å². The Bertz CT molecular complexity index is 1820. The number of Topliss-reactive ketones (excluding diaryl/α,β-unsaturated/α-hetero) is 2. The summed E-state index contributed by atoms with van der Waals surface area (Å²) in [5.74, 6) is -1.40. The first-order chi connectivity index (χ1) is 20.4. The Balaban J connectivity index is 1.03. The Morgan fingerprint density at radius 2 is 1.55 bits per heavy atom. The van der Waals surface area contributed by atoms with Crippen molar-refractivity contribution in [1.82, 2.24) is 5.32 Å². The third kappa shape index (κ3) is 4.62. The van der Waals surface area contributed by atoms with Crippen LogP contribution in [0, 0.1) is 5.92 Å². The largest absolute Gasteiger partial charge is 0.453 e. The quantitative estimate of drug-likeness (QED) is 0.154. The number of nitrogens with one attached hydrogen (secondary N) is 1. The van der Waals surface area contributed by atoms with Crippen molar-refractivity contribution in [3.8, 4) is 0 Å². The first-order valence-electron chi connectivity index (χ1n) is 13.9. The van der Waals surface area contributed by atoms with E-state index in [1.165, 1.54) is 4.90 Å². The van der Waals surface area contributed by atoms with E-state index in [9.17, 15) is 19.2 Å². The monoisotopic (exact) mass is 562 g/mol. The van der Waals surface area contributed by atoms with E-state index in [1.54, 1.807) is 36.4 Å². The number of rotatable bonds is 6. The minimum Gasteiger partial charge on any atom is -0.453 e. The van der Waals surface area contributed by atoms with Crippen LogP contribution in [-0.2, 0) is 11.2 Å². The van der Waals surface area contributed by atoms with Crippen LogP contribution in [-0.4, -0.2) is 42.8 Å². The molecule has 1 saturated heterocycles. The fraction of sp³-hybridized carbons (Fsp3) is 0.212. The lowest BCUT2D eigenvalue weighted by molar-refractivity contribution is 0.0785. The number of nitrogens with zero attached hydrogens (tertiary/aromatic N) is 1. The van der Waals surface area contributed by atoms with Crippen molar-refractivity contribution in [3.63, 3.8) is 0 Å². The molecule has 9 heteroatoms. The molecule has 210 valence electrons. The van der Waals surface area contributed by atoms with Gasteiger partial charge in [0.15, 0.2) is 17.3 Å². The number of fused-ring (bicyclic) bond motifs is 3. The van der Waals surface area contributed by atoms with Gasteiger partial charge in [0.1, 0.15) is 17.3 Å². The number of ether oxygens (including phenoxy) is 1. The number of amides is 2. The molecule has 1 aliphatic heterocycles. The molecule has 0 bridgehead atoms. The van der Waals surface area contributed by atoms with E-state index < -0.39 is 24.0 Å². The third-order valence-corrected chi connectivity index (χ3v) is 7.92. The highest BCUT2D eigenvalue weighted by Gasteiger charge is 2.36. The van der Waals surface area contributed by atoms with Gasteiger partial charge in [-0.3, -0.25) is 19.3 Å². The van der Waals surface area contributed by atoms with Crippen molar-refractivity contribution in [2.24, 2.45) is 5.92 Å². The summed E-state index contributed by atoms with van der Waals surface area (Å²) >= 11 is 0. The number of hydrogen-bond donors (Lipinski definition) is 1. The molecule has 1 aliphatic carbocycles. The van der Waals surface area contributed by atoms with Gasteiger partial charge in [-0.05, 0) is 67.3 Å². The second-order valence-corrected chi connectivity index (χ2v) is 10.6. The predicted octanol–water partition coefficient (Wildman–Crippen LogP) is 5.95. The highest BCUT2D eigenvalue weighted by atomic mass is 16.6. The van der Waals surface area contributed by atoms with Gasteiger partial charge in [-0.2, -0.15) is 0 Å².